The van der Waals surface area contributed by atoms with Crippen LogP contribution in [0.5, 0.6) is 0 Å². The van der Waals surface area contributed by atoms with Gasteiger partial charge in [0, 0.05) is 12.1 Å². The second kappa shape index (κ2) is 8.59. The van der Waals surface area contributed by atoms with E-state index in [1.54, 1.807) is 6.07 Å². The summed E-state index contributed by atoms with van der Waals surface area (Å²) < 4.78 is 18.4. The zero-order valence-electron chi connectivity index (χ0n) is 16.2. The molecule has 2 aliphatic rings. The van der Waals surface area contributed by atoms with Crippen molar-refractivity contribution in [1.82, 2.24) is 15.5 Å². The van der Waals surface area contributed by atoms with Gasteiger partial charge in [0.15, 0.2) is 6.61 Å². The Morgan fingerprint density at radius 1 is 1.31 bits per heavy atom. The van der Waals surface area contributed by atoms with E-state index in [4.69, 9.17) is 4.74 Å². The normalized spacial score (nSPS) is 23.8. The first-order chi connectivity index (χ1) is 13.8. The van der Waals surface area contributed by atoms with Gasteiger partial charge in [0.25, 0.3) is 11.8 Å². The minimum Gasteiger partial charge on any atom is -0.454 e. The molecule has 156 valence electrons. The lowest BCUT2D eigenvalue weighted by atomic mass is 9.73. The van der Waals surface area contributed by atoms with Crippen LogP contribution in [0.4, 0.5) is 9.18 Å². The monoisotopic (exact) mass is 405 g/mol. The standard InChI is InChI=1S/C20H24FN3O5/c1-13-6-4-5-9-20(13)18(27)24(19(28)23-20)11-17(26)29-12-16(25)22-10-14-7-2-3-8-15(14)21/h2-3,7-8,13H,4-6,9-12H2,1H3,(H,22,25)(H,23,28). The molecule has 1 heterocycles. The van der Waals surface area contributed by atoms with Gasteiger partial charge in [-0.05, 0) is 24.8 Å². The molecule has 2 unspecified atom stereocenters. The number of imide groups is 1. The Bertz CT molecular complexity index is 830. The van der Waals surface area contributed by atoms with Crippen molar-refractivity contribution in [2.24, 2.45) is 5.92 Å². The third kappa shape index (κ3) is 4.38. The molecule has 0 aromatic heterocycles. The summed E-state index contributed by atoms with van der Waals surface area (Å²) in [5.41, 5.74) is -0.648. The molecule has 2 N–H and O–H groups in total. The van der Waals surface area contributed by atoms with E-state index in [1.807, 2.05) is 6.92 Å². The Balaban J connectivity index is 1.48. The number of esters is 1. The lowest BCUT2D eigenvalue weighted by molar-refractivity contribution is -0.151. The first kappa shape index (κ1) is 20.8. The molecule has 0 radical (unpaired) electrons. The summed E-state index contributed by atoms with van der Waals surface area (Å²) >= 11 is 0. The average molecular weight is 405 g/mol. The minimum atomic E-state index is -0.952. The summed E-state index contributed by atoms with van der Waals surface area (Å²) in [6.07, 6.45) is 3.20. The topological polar surface area (TPSA) is 105 Å². The van der Waals surface area contributed by atoms with E-state index in [1.165, 1.54) is 18.2 Å². The maximum atomic E-state index is 13.5. The van der Waals surface area contributed by atoms with Crippen molar-refractivity contribution in [3.8, 4) is 0 Å². The molecule has 4 amide bonds. The third-order valence-electron chi connectivity index (χ3n) is 5.59. The number of nitrogens with zero attached hydrogens (tertiary/aromatic N) is 1. The van der Waals surface area contributed by atoms with E-state index in [2.05, 4.69) is 10.6 Å². The van der Waals surface area contributed by atoms with Crippen molar-refractivity contribution in [2.45, 2.75) is 44.7 Å². The highest BCUT2D eigenvalue weighted by molar-refractivity contribution is 6.09. The molecule has 29 heavy (non-hydrogen) atoms. The molecule has 2 atom stereocenters. The molecule has 1 aliphatic carbocycles. The molecule has 1 aromatic rings. The number of benzene rings is 1. The molecule has 9 heteroatoms. The predicted molar refractivity (Wildman–Crippen MR) is 99.8 cm³/mol. The summed E-state index contributed by atoms with van der Waals surface area (Å²) in [7, 11) is 0. The Hall–Kier alpha value is -2.97. The summed E-state index contributed by atoms with van der Waals surface area (Å²) in [4.78, 5) is 49.7. The Morgan fingerprint density at radius 2 is 2.07 bits per heavy atom. The number of amides is 4. The van der Waals surface area contributed by atoms with Gasteiger partial charge in [0.2, 0.25) is 0 Å². The fourth-order valence-corrected chi connectivity index (χ4v) is 3.85. The number of urea groups is 1. The van der Waals surface area contributed by atoms with Crippen LogP contribution in [0.3, 0.4) is 0 Å². The van der Waals surface area contributed by atoms with Crippen LogP contribution in [-0.4, -0.2) is 47.4 Å². The number of nitrogens with one attached hydrogen (secondary N) is 2. The molecule has 1 aromatic carbocycles. The fraction of sp³-hybridized carbons (Fsp3) is 0.500. The highest BCUT2D eigenvalue weighted by atomic mass is 19.1. The Labute approximate surface area is 167 Å². The number of halogens is 1. The van der Waals surface area contributed by atoms with Crippen LogP contribution in [0.1, 0.15) is 38.2 Å². The van der Waals surface area contributed by atoms with Crippen LogP contribution in [0.25, 0.3) is 0 Å². The Morgan fingerprint density at radius 3 is 2.79 bits per heavy atom. The molecule has 8 nitrogen and oxygen atoms in total. The van der Waals surface area contributed by atoms with Crippen LogP contribution < -0.4 is 10.6 Å². The molecule has 3 rings (SSSR count). The van der Waals surface area contributed by atoms with E-state index >= 15 is 0 Å². The molecule has 1 saturated heterocycles. The summed E-state index contributed by atoms with van der Waals surface area (Å²) in [5, 5.41) is 5.19. The SMILES string of the molecule is CC1CCCCC12NC(=O)N(CC(=O)OCC(=O)NCc1ccccc1F)C2=O. The number of rotatable bonds is 6. The number of carbonyl (C=O) groups excluding carboxylic acids is 4. The summed E-state index contributed by atoms with van der Waals surface area (Å²) in [6.45, 7) is 0.730. The lowest BCUT2D eigenvalue weighted by Gasteiger charge is -2.36. The lowest BCUT2D eigenvalue weighted by Crippen LogP contribution is -2.54. The van der Waals surface area contributed by atoms with Crippen molar-refractivity contribution in [1.29, 1.82) is 0 Å². The van der Waals surface area contributed by atoms with Gasteiger partial charge in [0.1, 0.15) is 17.9 Å². The third-order valence-corrected chi connectivity index (χ3v) is 5.59. The molecule has 0 bridgehead atoms. The van der Waals surface area contributed by atoms with Gasteiger partial charge in [0.05, 0.1) is 0 Å². The van der Waals surface area contributed by atoms with E-state index in [-0.39, 0.29) is 12.5 Å². The second-order valence-corrected chi connectivity index (χ2v) is 7.47. The van der Waals surface area contributed by atoms with E-state index in [0.717, 1.165) is 24.2 Å². The van der Waals surface area contributed by atoms with Gasteiger partial charge < -0.3 is 15.4 Å². The molecule has 1 aliphatic heterocycles. The highest BCUT2D eigenvalue weighted by Crippen LogP contribution is 2.38. The van der Waals surface area contributed by atoms with Crippen molar-refractivity contribution < 1.29 is 28.3 Å². The first-order valence-electron chi connectivity index (χ1n) is 9.63. The number of hydrogen-bond acceptors (Lipinski definition) is 5. The van der Waals surface area contributed by atoms with Crippen molar-refractivity contribution in [3.05, 3.63) is 35.6 Å². The quantitative estimate of drug-likeness (QED) is 0.551. The summed E-state index contributed by atoms with van der Waals surface area (Å²) in [5.74, 6) is -2.37. The average Bonchev–Trinajstić information content (AvgIpc) is 2.93. The van der Waals surface area contributed by atoms with Crippen LogP contribution in [0.2, 0.25) is 0 Å². The molecule has 1 spiro atoms. The minimum absolute atomic E-state index is 0.0159. The molecular formula is C20H24FN3O5. The van der Waals surface area contributed by atoms with Gasteiger partial charge in [-0.25, -0.2) is 9.18 Å². The van der Waals surface area contributed by atoms with Gasteiger partial charge in [-0.1, -0.05) is 38.0 Å². The van der Waals surface area contributed by atoms with Crippen molar-refractivity contribution in [3.63, 3.8) is 0 Å². The maximum absolute atomic E-state index is 13.5. The predicted octanol–water partition coefficient (Wildman–Crippen LogP) is 1.49. The Kier molecular flexibility index (Phi) is 6.14. The zero-order valence-corrected chi connectivity index (χ0v) is 16.2. The maximum Gasteiger partial charge on any atom is 0.326 e. The fourth-order valence-electron chi connectivity index (χ4n) is 3.85. The van der Waals surface area contributed by atoms with Crippen LogP contribution in [0, 0.1) is 11.7 Å². The largest absolute Gasteiger partial charge is 0.454 e. The summed E-state index contributed by atoms with van der Waals surface area (Å²) in [6, 6.07) is 5.37. The van der Waals surface area contributed by atoms with E-state index < -0.39 is 48.3 Å². The van der Waals surface area contributed by atoms with Crippen LogP contribution in [0.15, 0.2) is 24.3 Å². The number of carbonyl (C=O) groups is 4. The van der Waals surface area contributed by atoms with Gasteiger partial charge in [-0.2, -0.15) is 0 Å². The van der Waals surface area contributed by atoms with Crippen LogP contribution >= 0.6 is 0 Å². The zero-order chi connectivity index (χ0) is 21.0. The molecule has 1 saturated carbocycles. The first-order valence-corrected chi connectivity index (χ1v) is 9.63. The molecule has 2 fully saturated rings. The number of hydrogen-bond donors (Lipinski definition) is 2. The van der Waals surface area contributed by atoms with Crippen molar-refractivity contribution >= 4 is 23.8 Å². The van der Waals surface area contributed by atoms with Gasteiger partial charge >= 0.3 is 12.0 Å². The van der Waals surface area contributed by atoms with Gasteiger partial charge in [-0.3, -0.25) is 19.3 Å². The van der Waals surface area contributed by atoms with Crippen LogP contribution in [-0.2, 0) is 25.7 Å². The van der Waals surface area contributed by atoms with Gasteiger partial charge in [-0.15, -0.1) is 0 Å². The highest BCUT2D eigenvalue weighted by Gasteiger charge is 2.55. The second-order valence-electron chi connectivity index (χ2n) is 7.47. The van der Waals surface area contributed by atoms with E-state index in [9.17, 15) is 23.6 Å². The van der Waals surface area contributed by atoms with E-state index in [0.29, 0.717) is 12.0 Å². The number of ether oxygens (including phenoxy) is 1. The molecular weight excluding hydrogens is 381 g/mol. The van der Waals surface area contributed by atoms with Crippen molar-refractivity contribution in [2.75, 3.05) is 13.2 Å². The smallest absolute Gasteiger partial charge is 0.326 e.